The van der Waals surface area contributed by atoms with E-state index in [9.17, 15) is 0 Å². The van der Waals surface area contributed by atoms with Gasteiger partial charge in [0.2, 0.25) is 0 Å². The lowest BCUT2D eigenvalue weighted by Gasteiger charge is -2.27. The Balaban J connectivity index is 1.89. The minimum Gasteiger partial charge on any atom is -0.370 e. The largest absolute Gasteiger partial charge is 0.370 e. The maximum Gasteiger partial charge on any atom is 0.191 e. The Labute approximate surface area is 111 Å². The molecular weight excluding hydrogens is 248 g/mol. The van der Waals surface area contributed by atoms with Crippen LogP contribution >= 0.6 is 11.8 Å². The Bertz CT molecular complexity index is 421. The van der Waals surface area contributed by atoms with Crippen LogP contribution in [0.25, 0.3) is 0 Å². The Kier molecular flexibility index (Phi) is 4.63. The normalized spacial score (nSPS) is 16.9. The van der Waals surface area contributed by atoms with Crippen LogP contribution < -0.4 is 5.73 Å². The third-order valence-electron chi connectivity index (χ3n) is 2.64. The first-order chi connectivity index (χ1) is 8.79. The van der Waals surface area contributed by atoms with Crippen molar-refractivity contribution in [1.29, 1.82) is 0 Å². The summed E-state index contributed by atoms with van der Waals surface area (Å²) in [6.45, 7) is 6.75. The molecule has 1 aliphatic rings. The number of hydrogen-bond acceptors (Lipinski definition) is 4. The molecule has 6 nitrogen and oxygen atoms in total. The van der Waals surface area contributed by atoms with Crippen LogP contribution in [0.5, 0.6) is 0 Å². The monoisotopic (exact) mass is 266 g/mol. The second-order valence-corrected chi connectivity index (χ2v) is 5.22. The van der Waals surface area contributed by atoms with Crippen LogP contribution in [0.2, 0.25) is 0 Å². The van der Waals surface area contributed by atoms with Crippen molar-refractivity contribution in [2.24, 2.45) is 10.7 Å². The van der Waals surface area contributed by atoms with Gasteiger partial charge in [0, 0.05) is 24.6 Å². The van der Waals surface area contributed by atoms with Crippen LogP contribution in [0.1, 0.15) is 5.69 Å². The van der Waals surface area contributed by atoms with Crippen molar-refractivity contribution in [3.8, 4) is 0 Å². The Hall–Kier alpha value is -1.50. The molecule has 0 saturated carbocycles. The standard InChI is InChI=1S/C11H18N6S/c1-2-3-17-9-10(14-15-17)8-13-11(12)16-4-6-18-7-5-16/h2,9H,1,3-8H2,(H2,12,13). The van der Waals surface area contributed by atoms with E-state index in [0.29, 0.717) is 19.0 Å². The number of aromatic nitrogens is 3. The fourth-order valence-corrected chi connectivity index (χ4v) is 2.59. The van der Waals surface area contributed by atoms with Crippen molar-refractivity contribution in [3.05, 3.63) is 24.5 Å². The maximum atomic E-state index is 5.96. The van der Waals surface area contributed by atoms with Crippen molar-refractivity contribution in [2.75, 3.05) is 24.6 Å². The molecule has 1 saturated heterocycles. The van der Waals surface area contributed by atoms with Crippen LogP contribution in [0, 0.1) is 0 Å². The third-order valence-corrected chi connectivity index (χ3v) is 3.58. The van der Waals surface area contributed by atoms with Gasteiger partial charge in [0.25, 0.3) is 0 Å². The summed E-state index contributed by atoms with van der Waals surface area (Å²) in [5.74, 6) is 2.84. The number of thioether (sulfide) groups is 1. The molecule has 18 heavy (non-hydrogen) atoms. The van der Waals surface area contributed by atoms with Gasteiger partial charge in [-0.1, -0.05) is 11.3 Å². The topological polar surface area (TPSA) is 72.3 Å². The van der Waals surface area contributed by atoms with E-state index < -0.39 is 0 Å². The van der Waals surface area contributed by atoms with Gasteiger partial charge in [-0.15, -0.1) is 11.7 Å². The van der Waals surface area contributed by atoms with Gasteiger partial charge in [-0.3, -0.25) is 0 Å². The molecule has 0 aliphatic carbocycles. The number of rotatable bonds is 4. The lowest BCUT2D eigenvalue weighted by molar-refractivity contribution is 0.455. The first-order valence-corrected chi connectivity index (χ1v) is 7.07. The molecule has 1 fully saturated rings. The molecule has 2 rings (SSSR count). The highest BCUT2D eigenvalue weighted by Gasteiger charge is 2.12. The Morgan fingerprint density at radius 1 is 1.56 bits per heavy atom. The number of nitrogens with zero attached hydrogens (tertiary/aromatic N) is 5. The predicted octanol–water partition coefficient (Wildman–Crippen LogP) is 0.328. The van der Waals surface area contributed by atoms with E-state index >= 15 is 0 Å². The molecule has 1 aromatic heterocycles. The number of hydrogen-bond donors (Lipinski definition) is 1. The van der Waals surface area contributed by atoms with E-state index in [1.54, 1.807) is 10.8 Å². The van der Waals surface area contributed by atoms with Gasteiger partial charge in [0.05, 0.1) is 19.3 Å². The molecule has 7 heteroatoms. The molecule has 0 unspecified atom stereocenters. The fourth-order valence-electron chi connectivity index (χ4n) is 1.69. The molecule has 2 N–H and O–H groups in total. The summed E-state index contributed by atoms with van der Waals surface area (Å²) in [4.78, 5) is 6.48. The van der Waals surface area contributed by atoms with E-state index in [0.717, 1.165) is 30.3 Å². The zero-order valence-corrected chi connectivity index (χ0v) is 11.1. The molecule has 1 aliphatic heterocycles. The molecule has 0 spiro atoms. The number of nitrogens with two attached hydrogens (primary N) is 1. The number of guanidine groups is 1. The average Bonchev–Trinajstić information content (AvgIpc) is 2.85. The van der Waals surface area contributed by atoms with E-state index in [1.807, 2.05) is 18.0 Å². The van der Waals surface area contributed by atoms with Gasteiger partial charge >= 0.3 is 0 Å². The minimum atomic E-state index is 0.479. The summed E-state index contributed by atoms with van der Waals surface area (Å²) in [7, 11) is 0. The number of allylic oxidation sites excluding steroid dienone is 1. The molecule has 0 atom stereocenters. The molecular formula is C11H18N6S. The summed E-state index contributed by atoms with van der Waals surface area (Å²) in [6.07, 6.45) is 3.64. The highest BCUT2D eigenvalue weighted by molar-refractivity contribution is 7.99. The molecule has 0 aromatic carbocycles. The van der Waals surface area contributed by atoms with Crippen LogP contribution in [0.3, 0.4) is 0 Å². The quantitative estimate of drug-likeness (QED) is 0.483. The molecule has 0 bridgehead atoms. The fraction of sp³-hybridized carbons (Fsp3) is 0.545. The van der Waals surface area contributed by atoms with Gasteiger partial charge < -0.3 is 10.6 Å². The van der Waals surface area contributed by atoms with Crippen molar-refractivity contribution in [3.63, 3.8) is 0 Å². The summed E-state index contributed by atoms with van der Waals surface area (Å²) in [5, 5.41) is 8.00. The van der Waals surface area contributed by atoms with Gasteiger partial charge in [-0.2, -0.15) is 11.8 Å². The Morgan fingerprint density at radius 3 is 3.06 bits per heavy atom. The van der Waals surface area contributed by atoms with Crippen LogP contribution in [0.15, 0.2) is 23.8 Å². The zero-order chi connectivity index (χ0) is 12.8. The second-order valence-electron chi connectivity index (χ2n) is 3.99. The molecule has 0 radical (unpaired) electrons. The highest BCUT2D eigenvalue weighted by atomic mass is 32.2. The SMILES string of the molecule is C=CCn1cc(CN=C(N)N2CCSCC2)nn1. The Morgan fingerprint density at radius 2 is 2.33 bits per heavy atom. The summed E-state index contributed by atoms with van der Waals surface area (Å²) >= 11 is 1.95. The van der Waals surface area contributed by atoms with Crippen LogP contribution in [-0.4, -0.2) is 50.4 Å². The van der Waals surface area contributed by atoms with Crippen molar-refractivity contribution >= 4 is 17.7 Å². The smallest absolute Gasteiger partial charge is 0.191 e. The molecule has 1 aromatic rings. The van der Waals surface area contributed by atoms with Gasteiger partial charge in [-0.05, 0) is 0 Å². The first kappa shape index (κ1) is 12.9. The van der Waals surface area contributed by atoms with E-state index in [-0.39, 0.29) is 0 Å². The first-order valence-electron chi connectivity index (χ1n) is 5.92. The summed E-state index contributed by atoms with van der Waals surface area (Å²) in [5.41, 5.74) is 6.78. The van der Waals surface area contributed by atoms with Crippen LogP contribution in [-0.2, 0) is 13.1 Å². The van der Waals surface area contributed by atoms with Gasteiger partial charge in [0.15, 0.2) is 5.96 Å². The maximum absolute atomic E-state index is 5.96. The van der Waals surface area contributed by atoms with Crippen molar-refractivity contribution in [2.45, 2.75) is 13.1 Å². The van der Waals surface area contributed by atoms with Crippen molar-refractivity contribution in [1.82, 2.24) is 19.9 Å². The molecule has 98 valence electrons. The third kappa shape index (κ3) is 3.49. The summed E-state index contributed by atoms with van der Waals surface area (Å²) < 4.78 is 1.73. The average molecular weight is 266 g/mol. The lowest BCUT2D eigenvalue weighted by atomic mass is 10.4. The second kappa shape index (κ2) is 6.44. The molecule has 0 amide bonds. The van der Waals surface area contributed by atoms with Gasteiger partial charge in [0.1, 0.15) is 5.69 Å². The number of aliphatic imine (C=N–C) groups is 1. The predicted molar refractivity (Wildman–Crippen MR) is 74.4 cm³/mol. The highest BCUT2D eigenvalue weighted by Crippen LogP contribution is 2.08. The van der Waals surface area contributed by atoms with E-state index in [1.165, 1.54) is 0 Å². The molecule has 2 heterocycles. The van der Waals surface area contributed by atoms with E-state index in [4.69, 9.17) is 5.73 Å². The zero-order valence-electron chi connectivity index (χ0n) is 10.3. The van der Waals surface area contributed by atoms with Crippen LogP contribution in [0.4, 0.5) is 0 Å². The van der Waals surface area contributed by atoms with E-state index in [2.05, 4.69) is 26.8 Å². The lowest BCUT2D eigenvalue weighted by Crippen LogP contribution is -2.42. The van der Waals surface area contributed by atoms with Crippen molar-refractivity contribution < 1.29 is 0 Å². The van der Waals surface area contributed by atoms with Gasteiger partial charge in [-0.25, -0.2) is 9.67 Å². The summed E-state index contributed by atoms with van der Waals surface area (Å²) in [6, 6.07) is 0. The minimum absolute atomic E-state index is 0.479.